The molecule has 0 spiro atoms. The van der Waals surface area contributed by atoms with Crippen LogP contribution in [0.5, 0.6) is 0 Å². The van der Waals surface area contributed by atoms with E-state index >= 15 is 0 Å². The Labute approximate surface area is 157 Å². The standard InChI is InChI=1S/C25H40/c1-4-6-7-8-9-10-11-22-12-16-24(17-13-22)25-18-14-23(15-19-25)20-21(3)5-2/h12-13,16-18,21,23H,4-11,14-15,19-20H2,1-3H3. The predicted molar refractivity (Wildman–Crippen MR) is 113 cm³/mol. The molecule has 0 saturated carbocycles. The molecule has 0 N–H and O–H groups in total. The van der Waals surface area contributed by atoms with Gasteiger partial charge in [0, 0.05) is 0 Å². The first-order valence-electron chi connectivity index (χ1n) is 11.0. The predicted octanol–water partition coefficient (Wildman–Crippen LogP) is 8.21. The van der Waals surface area contributed by atoms with Gasteiger partial charge in [0.2, 0.25) is 0 Å². The maximum absolute atomic E-state index is 2.53. The second-order valence-electron chi connectivity index (χ2n) is 8.33. The van der Waals surface area contributed by atoms with Gasteiger partial charge in [-0.1, -0.05) is 89.6 Å². The number of hydrogen-bond donors (Lipinski definition) is 0. The lowest BCUT2D eigenvalue weighted by atomic mass is 9.81. The van der Waals surface area contributed by atoms with Crippen molar-refractivity contribution in [1.82, 2.24) is 0 Å². The van der Waals surface area contributed by atoms with Crippen LogP contribution in [0.2, 0.25) is 0 Å². The molecule has 0 nitrogen and oxygen atoms in total. The second-order valence-corrected chi connectivity index (χ2v) is 8.33. The van der Waals surface area contributed by atoms with Gasteiger partial charge in [-0.15, -0.1) is 0 Å². The summed E-state index contributed by atoms with van der Waals surface area (Å²) in [5.74, 6) is 1.81. The molecule has 1 aliphatic rings. The fraction of sp³-hybridized carbons (Fsp3) is 0.680. The van der Waals surface area contributed by atoms with Gasteiger partial charge in [-0.05, 0) is 67.1 Å². The topological polar surface area (TPSA) is 0 Å². The Morgan fingerprint density at radius 3 is 2.32 bits per heavy atom. The van der Waals surface area contributed by atoms with E-state index in [0.29, 0.717) is 0 Å². The summed E-state index contributed by atoms with van der Waals surface area (Å²) in [5.41, 5.74) is 4.57. The highest BCUT2D eigenvalue weighted by molar-refractivity contribution is 5.66. The molecule has 0 aromatic heterocycles. The number of rotatable bonds is 11. The Balaban J connectivity index is 1.74. The zero-order valence-corrected chi connectivity index (χ0v) is 17.0. The zero-order chi connectivity index (χ0) is 17.9. The molecule has 2 unspecified atom stereocenters. The monoisotopic (exact) mass is 340 g/mol. The van der Waals surface area contributed by atoms with Crippen LogP contribution in [0.25, 0.3) is 5.57 Å². The molecule has 140 valence electrons. The Morgan fingerprint density at radius 1 is 0.960 bits per heavy atom. The van der Waals surface area contributed by atoms with Gasteiger partial charge in [0.15, 0.2) is 0 Å². The quantitative estimate of drug-likeness (QED) is 0.356. The summed E-state index contributed by atoms with van der Waals surface area (Å²) in [4.78, 5) is 0. The van der Waals surface area contributed by atoms with E-state index in [1.54, 1.807) is 5.57 Å². The van der Waals surface area contributed by atoms with Crippen molar-refractivity contribution in [2.45, 2.75) is 97.8 Å². The van der Waals surface area contributed by atoms with Crippen LogP contribution in [0.4, 0.5) is 0 Å². The number of aryl methyl sites for hydroxylation is 1. The third kappa shape index (κ3) is 7.38. The van der Waals surface area contributed by atoms with Crippen molar-refractivity contribution >= 4 is 5.57 Å². The molecule has 0 saturated heterocycles. The minimum atomic E-state index is 0.890. The molecule has 1 aromatic rings. The van der Waals surface area contributed by atoms with Crippen LogP contribution in [-0.4, -0.2) is 0 Å². The number of benzene rings is 1. The molecule has 25 heavy (non-hydrogen) atoms. The number of allylic oxidation sites excluding steroid dienone is 2. The molecule has 0 fully saturated rings. The molecule has 1 aliphatic carbocycles. The highest BCUT2D eigenvalue weighted by Gasteiger charge is 2.17. The van der Waals surface area contributed by atoms with E-state index < -0.39 is 0 Å². The third-order valence-corrected chi connectivity index (χ3v) is 6.10. The minimum absolute atomic E-state index is 0.890. The summed E-state index contributed by atoms with van der Waals surface area (Å²) < 4.78 is 0. The number of unbranched alkanes of at least 4 members (excludes halogenated alkanes) is 5. The first-order chi connectivity index (χ1) is 12.2. The van der Waals surface area contributed by atoms with Crippen LogP contribution in [0, 0.1) is 11.8 Å². The third-order valence-electron chi connectivity index (χ3n) is 6.10. The smallest absolute Gasteiger partial charge is 0.0228 e. The van der Waals surface area contributed by atoms with E-state index in [0.717, 1.165) is 11.8 Å². The van der Waals surface area contributed by atoms with Gasteiger partial charge in [-0.25, -0.2) is 0 Å². The average Bonchev–Trinajstić information content (AvgIpc) is 2.65. The summed E-state index contributed by atoms with van der Waals surface area (Å²) in [6, 6.07) is 9.47. The Kier molecular flexibility index (Phi) is 9.37. The normalized spacial score (nSPS) is 18.8. The SMILES string of the molecule is CCCCCCCCc1ccc(C2=CCC(CC(C)CC)CC2)cc1. The minimum Gasteiger partial charge on any atom is -0.0804 e. The van der Waals surface area contributed by atoms with Crippen molar-refractivity contribution in [2.75, 3.05) is 0 Å². The van der Waals surface area contributed by atoms with Crippen LogP contribution in [-0.2, 0) is 6.42 Å². The van der Waals surface area contributed by atoms with E-state index in [-0.39, 0.29) is 0 Å². The van der Waals surface area contributed by atoms with Crippen LogP contribution in [0.1, 0.15) is 103 Å². The van der Waals surface area contributed by atoms with Crippen molar-refractivity contribution in [3.05, 3.63) is 41.5 Å². The molecule has 0 aliphatic heterocycles. The lowest BCUT2D eigenvalue weighted by molar-refractivity contribution is 0.362. The first kappa shape index (κ1) is 20.3. The Hall–Kier alpha value is -1.04. The lowest BCUT2D eigenvalue weighted by Gasteiger charge is -2.24. The summed E-state index contributed by atoms with van der Waals surface area (Å²) in [5, 5.41) is 0. The fourth-order valence-corrected chi connectivity index (χ4v) is 4.10. The molecule has 1 aromatic carbocycles. The summed E-state index contributed by atoms with van der Waals surface area (Å²) >= 11 is 0. The van der Waals surface area contributed by atoms with E-state index in [9.17, 15) is 0 Å². The lowest BCUT2D eigenvalue weighted by Crippen LogP contribution is -2.09. The molecule has 0 bridgehead atoms. The van der Waals surface area contributed by atoms with Crippen molar-refractivity contribution in [1.29, 1.82) is 0 Å². The molecular formula is C25H40. The van der Waals surface area contributed by atoms with Gasteiger partial charge >= 0.3 is 0 Å². The largest absolute Gasteiger partial charge is 0.0804 e. The van der Waals surface area contributed by atoms with Gasteiger partial charge in [0.05, 0.1) is 0 Å². The van der Waals surface area contributed by atoms with E-state index in [2.05, 4.69) is 51.1 Å². The summed E-state index contributed by atoms with van der Waals surface area (Å²) in [6.45, 7) is 7.01. The summed E-state index contributed by atoms with van der Waals surface area (Å²) in [6.07, 6.45) is 18.8. The Morgan fingerprint density at radius 2 is 1.68 bits per heavy atom. The van der Waals surface area contributed by atoms with Gasteiger partial charge in [0.1, 0.15) is 0 Å². The highest BCUT2D eigenvalue weighted by atomic mass is 14.2. The van der Waals surface area contributed by atoms with Gasteiger partial charge in [0.25, 0.3) is 0 Å². The average molecular weight is 341 g/mol. The van der Waals surface area contributed by atoms with Gasteiger partial charge < -0.3 is 0 Å². The van der Waals surface area contributed by atoms with Crippen molar-refractivity contribution in [3.63, 3.8) is 0 Å². The Bertz CT molecular complexity index is 493. The van der Waals surface area contributed by atoms with Crippen LogP contribution in [0.15, 0.2) is 30.3 Å². The van der Waals surface area contributed by atoms with Gasteiger partial charge in [-0.3, -0.25) is 0 Å². The molecule has 0 heteroatoms. The maximum atomic E-state index is 2.53. The molecule has 0 amide bonds. The van der Waals surface area contributed by atoms with Gasteiger partial charge in [-0.2, -0.15) is 0 Å². The van der Waals surface area contributed by atoms with E-state index in [1.807, 2.05) is 0 Å². The zero-order valence-electron chi connectivity index (χ0n) is 17.0. The van der Waals surface area contributed by atoms with Crippen molar-refractivity contribution < 1.29 is 0 Å². The first-order valence-corrected chi connectivity index (χ1v) is 11.0. The molecule has 2 rings (SSSR count). The molecule has 0 heterocycles. The van der Waals surface area contributed by atoms with Crippen LogP contribution >= 0.6 is 0 Å². The fourth-order valence-electron chi connectivity index (χ4n) is 4.10. The maximum Gasteiger partial charge on any atom is -0.0228 e. The van der Waals surface area contributed by atoms with Crippen LogP contribution < -0.4 is 0 Å². The van der Waals surface area contributed by atoms with Crippen molar-refractivity contribution in [3.8, 4) is 0 Å². The second kappa shape index (κ2) is 11.6. The summed E-state index contributed by atoms with van der Waals surface area (Å²) in [7, 11) is 0. The van der Waals surface area contributed by atoms with Crippen molar-refractivity contribution in [2.24, 2.45) is 11.8 Å². The highest BCUT2D eigenvalue weighted by Crippen LogP contribution is 2.34. The molecular weight excluding hydrogens is 300 g/mol. The van der Waals surface area contributed by atoms with E-state index in [4.69, 9.17) is 0 Å². The van der Waals surface area contributed by atoms with Crippen LogP contribution in [0.3, 0.4) is 0 Å². The molecule has 2 atom stereocenters. The van der Waals surface area contributed by atoms with E-state index in [1.165, 1.54) is 88.2 Å². The number of hydrogen-bond acceptors (Lipinski definition) is 0. The molecule has 0 radical (unpaired) electrons.